The predicted octanol–water partition coefficient (Wildman–Crippen LogP) is 11.3. The number of aromatic nitrogens is 4. The maximum atomic E-state index is 14.2. The molecule has 3 heterocycles. The third-order valence-electron chi connectivity index (χ3n) is 9.51. The van der Waals surface area contributed by atoms with Crippen LogP contribution in [0.5, 0.6) is 11.5 Å². The second-order valence-corrected chi connectivity index (χ2v) is 12.8. The summed E-state index contributed by atoms with van der Waals surface area (Å²) in [5, 5.41) is 6.54. The van der Waals surface area contributed by atoms with Gasteiger partial charge in [0.25, 0.3) is 0 Å². The number of rotatable bonds is 7. The Labute approximate surface area is 284 Å². The molecule has 3 aromatic heterocycles. The standard InChI is InChI=1S/C39H34F6N4O/c1-4-9-25-18-19-46-35(20-25)48-33-15-6-5-12-29(33)30-17-16-28(22-34(30)48)50-27-11-7-10-26(21-27)49-24(3)36(23(2)47-49)37-31(38(40,41)42)13-8-14-32(37)39(43,44)45/h5-7,10-13,15-22,32,37H,4,8-9,14H2,1-3H3/t32-,37?/m0/s1. The molecule has 1 unspecified atom stereocenters. The third kappa shape index (κ3) is 6.03. The fraction of sp³-hybridized carbons (Fsp3) is 0.282. The molecule has 0 amide bonds. The second-order valence-electron chi connectivity index (χ2n) is 12.8. The first-order valence-corrected chi connectivity index (χ1v) is 16.5. The number of hydrogen-bond acceptors (Lipinski definition) is 3. The van der Waals surface area contributed by atoms with E-state index in [0.717, 1.165) is 46.5 Å². The molecule has 50 heavy (non-hydrogen) atoms. The number of halogens is 6. The second kappa shape index (κ2) is 12.7. The van der Waals surface area contributed by atoms with Crippen LogP contribution in [0.2, 0.25) is 0 Å². The van der Waals surface area contributed by atoms with E-state index in [1.54, 1.807) is 24.3 Å². The fourth-order valence-corrected chi connectivity index (χ4v) is 7.39. The Hall–Kier alpha value is -5.06. The Bertz CT molecular complexity index is 2240. The monoisotopic (exact) mass is 688 g/mol. The van der Waals surface area contributed by atoms with Crippen LogP contribution in [-0.4, -0.2) is 31.7 Å². The van der Waals surface area contributed by atoms with Gasteiger partial charge in [0.2, 0.25) is 0 Å². The Balaban J connectivity index is 1.27. The van der Waals surface area contributed by atoms with Crippen molar-refractivity contribution >= 4 is 21.8 Å². The summed E-state index contributed by atoms with van der Waals surface area (Å²) in [5.41, 5.74) is 2.61. The van der Waals surface area contributed by atoms with E-state index in [1.807, 2.05) is 48.7 Å². The van der Waals surface area contributed by atoms with Crippen LogP contribution >= 0.6 is 0 Å². The van der Waals surface area contributed by atoms with Gasteiger partial charge in [-0.25, -0.2) is 9.67 Å². The van der Waals surface area contributed by atoms with Gasteiger partial charge in [-0.3, -0.25) is 4.57 Å². The zero-order valence-corrected chi connectivity index (χ0v) is 27.6. The fourth-order valence-electron chi connectivity index (χ4n) is 7.39. The lowest BCUT2D eigenvalue weighted by atomic mass is 9.73. The number of hydrogen-bond donors (Lipinski definition) is 0. The van der Waals surface area contributed by atoms with E-state index in [9.17, 15) is 26.3 Å². The number of allylic oxidation sites excluding steroid dienone is 2. The third-order valence-corrected chi connectivity index (χ3v) is 9.51. The molecule has 1 aliphatic rings. The quantitative estimate of drug-likeness (QED) is 0.124. The minimum absolute atomic E-state index is 0.0585. The Morgan fingerprint density at radius 3 is 2.36 bits per heavy atom. The van der Waals surface area contributed by atoms with Gasteiger partial charge in [-0.1, -0.05) is 43.7 Å². The van der Waals surface area contributed by atoms with Gasteiger partial charge in [0.1, 0.15) is 17.3 Å². The van der Waals surface area contributed by atoms with Crippen molar-refractivity contribution in [2.24, 2.45) is 5.92 Å². The molecule has 0 aliphatic heterocycles. The maximum Gasteiger partial charge on any atom is 0.412 e. The zero-order valence-electron chi connectivity index (χ0n) is 27.6. The number of pyridine rings is 1. The van der Waals surface area contributed by atoms with Crippen LogP contribution in [0.3, 0.4) is 0 Å². The van der Waals surface area contributed by atoms with Crippen molar-refractivity contribution in [1.29, 1.82) is 0 Å². The largest absolute Gasteiger partial charge is 0.457 e. The molecule has 0 spiro atoms. The van der Waals surface area contributed by atoms with Gasteiger partial charge < -0.3 is 4.74 Å². The van der Waals surface area contributed by atoms with Crippen molar-refractivity contribution < 1.29 is 31.1 Å². The smallest absolute Gasteiger partial charge is 0.412 e. The van der Waals surface area contributed by atoms with Gasteiger partial charge in [0.05, 0.1) is 28.3 Å². The number of aryl methyl sites for hydroxylation is 2. The number of alkyl halides is 6. The zero-order chi connectivity index (χ0) is 35.4. The van der Waals surface area contributed by atoms with Crippen molar-refractivity contribution in [2.45, 2.75) is 64.7 Å². The normalized spacial score (nSPS) is 17.0. The van der Waals surface area contributed by atoms with Crippen LogP contribution in [0.4, 0.5) is 26.3 Å². The molecular formula is C39H34F6N4O. The number of fused-ring (bicyclic) bond motifs is 3. The number of para-hydroxylation sites is 1. The molecule has 6 aromatic rings. The summed E-state index contributed by atoms with van der Waals surface area (Å²) in [6.45, 7) is 5.10. The van der Waals surface area contributed by atoms with Gasteiger partial charge in [-0.15, -0.1) is 0 Å². The van der Waals surface area contributed by atoms with Crippen molar-refractivity contribution in [1.82, 2.24) is 19.3 Å². The molecule has 1 aliphatic carbocycles. The molecule has 3 aromatic carbocycles. The summed E-state index contributed by atoms with van der Waals surface area (Å²) >= 11 is 0. The molecular weight excluding hydrogens is 654 g/mol. The average molecular weight is 689 g/mol. The highest BCUT2D eigenvalue weighted by Crippen LogP contribution is 2.53. The first kappa shape index (κ1) is 33.4. The first-order chi connectivity index (χ1) is 23.8. The summed E-state index contributed by atoms with van der Waals surface area (Å²) in [7, 11) is 0. The lowest BCUT2D eigenvalue weighted by molar-refractivity contribution is -0.187. The highest BCUT2D eigenvalue weighted by molar-refractivity contribution is 6.09. The number of ether oxygens (including phenoxy) is 1. The van der Waals surface area contributed by atoms with Crippen LogP contribution < -0.4 is 4.74 Å². The predicted molar refractivity (Wildman–Crippen MR) is 181 cm³/mol. The van der Waals surface area contributed by atoms with E-state index in [0.29, 0.717) is 17.2 Å². The van der Waals surface area contributed by atoms with Gasteiger partial charge >= 0.3 is 12.4 Å². The van der Waals surface area contributed by atoms with Gasteiger partial charge in [-0.2, -0.15) is 31.4 Å². The van der Waals surface area contributed by atoms with E-state index < -0.39 is 36.2 Å². The topological polar surface area (TPSA) is 44.9 Å². The van der Waals surface area contributed by atoms with Crippen LogP contribution in [0, 0.1) is 19.8 Å². The van der Waals surface area contributed by atoms with Gasteiger partial charge in [-0.05, 0) is 81.1 Å². The van der Waals surface area contributed by atoms with Crippen molar-refractivity contribution in [2.75, 3.05) is 0 Å². The van der Waals surface area contributed by atoms with Gasteiger partial charge in [0.15, 0.2) is 0 Å². The SMILES string of the molecule is CCCc1ccnc(-n2c3ccccc3c3ccc(Oc4cccc(-n5nc(C)c(C6C(C(F)(F)F)=CCC[C@@H]6C(F)(F)F)c5C)c4)cc32)c1. The van der Waals surface area contributed by atoms with Crippen LogP contribution in [0.15, 0.2) is 96.7 Å². The molecule has 5 nitrogen and oxygen atoms in total. The molecule has 258 valence electrons. The van der Waals surface area contributed by atoms with Crippen LogP contribution in [0.1, 0.15) is 54.6 Å². The molecule has 0 N–H and O–H groups in total. The summed E-state index contributed by atoms with van der Waals surface area (Å²) in [5.74, 6) is -2.34. The minimum atomic E-state index is -4.91. The van der Waals surface area contributed by atoms with E-state index in [1.165, 1.54) is 24.1 Å². The van der Waals surface area contributed by atoms with Crippen molar-refractivity contribution in [3.8, 4) is 23.0 Å². The molecule has 2 atom stereocenters. The molecule has 11 heteroatoms. The Morgan fingerprint density at radius 1 is 0.840 bits per heavy atom. The Morgan fingerprint density at radius 2 is 1.60 bits per heavy atom. The number of nitrogens with zero attached hydrogens (tertiary/aromatic N) is 4. The highest BCUT2D eigenvalue weighted by atomic mass is 19.4. The summed E-state index contributed by atoms with van der Waals surface area (Å²) in [6, 6.07) is 24.8. The average Bonchev–Trinajstić information content (AvgIpc) is 3.56. The Kier molecular flexibility index (Phi) is 8.48. The molecule has 7 rings (SSSR count). The summed E-state index contributed by atoms with van der Waals surface area (Å²) in [6.07, 6.45) is -5.80. The lowest BCUT2D eigenvalue weighted by Gasteiger charge is -2.35. The van der Waals surface area contributed by atoms with E-state index in [2.05, 4.69) is 28.7 Å². The first-order valence-electron chi connectivity index (χ1n) is 16.5. The van der Waals surface area contributed by atoms with Gasteiger partial charge in [0, 0.05) is 51.9 Å². The van der Waals surface area contributed by atoms with E-state index in [-0.39, 0.29) is 23.4 Å². The maximum absolute atomic E-state index is 14.2. The molecule has 0 bridgehead atoms. The number of benzene rings is 3. The lowest BCUT2D eigenvalue weighted by Crippen LogP contribution is -2.36. The van der Waals surface area contributed by atoms with E-state index >= 15 is 0 Å². The van der Waals surface area contributed by atoms with Crippen LogP contribution in [-0.2, 0) is 6.42 Å². The summed E-state index contributed by atoms with van der Waals surface area (Å²) in [4.78, 5) is 4.69. The highest BCUT2D eigenvalue weighted by Gasteiger charge is 2.54. The van der Waals surface area contributed by atoms with Crippen LogP contribution in [0.25, 0.3) is 33.3 Å². The molecule has 0 saturated carbocycles. The van der Waals surface area contributed by atoms with Crippen molar-refractivity contribution in [3.05, 3.63) is 119 Å². The molecule has 0 fully saturated rings. The van der Waals surface area contributed by atoms with E-state index in [4.69, 9.17) is 9.72 Å². The summed E-state index contributed by atoms with van der Waals surface area (Å²) < 4.78 is 94.8. The molecule has 0 saturated heterocycles. The minimum Gasteiger partial charge on any atom is -0.457 e. The van der Waals surface area contributed by atoms with Crippen molar-refractivity contribution in [3.63, 3.8) is 0 Å². The molecule has 0 radical (unpaired) electrons.